The smallest absolute Gasteiger partial charge is 0.256 e. The number of aryl methyl sites for hydroxylation is 2. The molecule has 0 spiro atoms. The number of nitrogens with one attached hydrogen (secondary N) is 1. The summed E-state index contributed by atoms with van der Waals surface area (Å²) in [6.45, 7) is 4.10. The average molecular weight is 421 g/mol. The molecule has 5 heteroatoms. The largest absolute Gasteiger partial charge is 0.321 e. The summed E-state index contributed by atoms with van der Waals surface area (Å²) < 4.78 is 0. The van der Waals surface area contributed by atoms with Gasteiger partial charge in [0.05, 0.1) is 27.5 Å². The number of nitrogens with zero attached hydrogens (tertiary/aromatic N) is 1. The van der Waals surface area contributed by atoms with Crippen LogP contribution < -0.4 is 5.32 Å². The Kier molecular flexibility index (Phi) is 5.27. The summed E-state index contributed by atoms with van der Waals surface area (Å²) in [6.07, 6.45) is 0. The summed E-state index contributed by atoms with van der Waals surface area (Å²) in [5, 5.41) is 4.58. The van der Waals surface area contributed by atoms with Gasteiger partial charge in [-0.25, -0.2) is 4.98 Å². The number of rotatable bonds is 3. The molecule has 3 aromatic carbocycles. The zero-order valence-electron chi connectivity index (χ0n) is 16.0. The molecule has 0 bridgehead atoms. The third-order valence-corrected chi connectivity index (χ3v) is 5.36. The van der Waals surface area contributed by atoms with Crippen LogP contribution in [0.3, 0.4) is 0 Å². The molecule has 4 rings (SSSR count). The van der Waals surface area contributed by atoms with Crippen molar-refractivity contribution in [1.82, 2.24) is 4.98 Å². The van der Waals surface area contributed by atoms with E-state index in [1.54, 1.807) is 18.2 Å². The molecule has 0 radical (unpaired) electrons. The van der Waals surface area contributed by atoms with E-state index in [2.05, 4.69) is 18.3 Å². The molecule has 0 saturated heterocycles. The van der Waals surface area contributed by atoms with Crippen molar-refractivity contribution < 1.29 is 4.79 Å². The van der Waals surface area contributed by atoms with Crippen molar-refractivity contribution >= 4 is 45.7 Å². The second kappa shape index (κ2) is 7.86. The summed E-state index contributed by atoms with van der Waals surface area (Å²) in [5.41, 5.74) is 5.80. The predicted molar refractivity (Wildman–Crippen MR) is 121 cm³/mol. The van der Waals surface area contributed by atoms with Crippen LogP contribution >= 0.6 is 23.2 Å². The Balaban J connectivity index is 1.84. The second-order valence-corrected chi connectivity index (χ2v) is 7.81. The number of para-hydroxylation sites is 1. The summed E-state index contributed by atoms with van der Waals surface area (Å²) in [4.78, 5) is 18.0. The second-order valence-electron chi connectivity index (χ2n) is 6.97. The quantitative estimate of drug-likeness (QED) is 0.384. The predicted octanol–water partition coefficient (Wildman–Crippen LogP) is 7.08. The van der Waals surface area contributed by atoms with Gasteiger partial charge in [-0.15, -0.1) is 0 Å². The summed E-state index contributed by atoms with van der Waals surface area (Å²) in [7, 11) is 0. The van der Waals surface area contributed by atoms with Crippen molar-refractivity contribution in [3.8, 4) is 11.3 Å². The van der Waals surface area contributed by atoms with Crippen LogP contribution in [0.4, 0.5) is 5.69 Å². The molecule has 0 fully saturated rings. The first kappa shape index (κ1) is 19.4. The highest BCUT2D eigenvalue weighted by Gasteiger charge is 2.16. The molecule has 0 saturated carbocycles. The highest BCUT2D eigenvalue weighted by atomic mass is 35.5. The fourth-order valence-corrected chi connectivity index (χ4v) is 3.72. The number of aromatic nitrogens is 1. The number of pyridine rings is 1. The van der Waals surface area contributed by atoms with E-state index in [1.807, 2.05) is 49.4 Å². The molecular formula is C24H18Cl2N2O. The number of hydrogen-bond acceptors (Lipinski definition) is 2. The maximum absolute atomic E-state index is 13.2. The van der Waals surface area contributed by atoms with Gasteiger partial charge in [0.1, 0.15) is 0 Å². The van der Waals surface area contributed by atoms with Crippen LogP contribution in [-0.2, 0) is 0 Å². The molecule has 0 atom stereocenters. The van der Waals surface area contributed by atoms with Crippen LogP contribution in [0.15, 0.2) is 66.7 Å². The Hall–Kier alpha value is -2.88. The molecule has 3 nitrogen and oxygen atoms in total. The number of carbonyl (C=O) groups is 1. The Morgan fingerprint density at radius 2 is 1.72 bits per heavy atom. The number of carbonyl (C=O) groups excluding carboxylic acids is 1. The highest BCUT2D eigenvalue weighted by Crippen LogP contribution is 2.30. The molecule has 1 aromatic heterocycles. The molecule has 0 aliphatic carbocycles. The highest BCUT2D eigenvalue weighted by molar-refractivity contribution is 6.36. The van der Waals surface area contributed by atoms with E-state index < -0.39 is 0 Å². The Morgan fingerprint density at radius 3 is 2.52 bits per heavy atom. The van der Waals surface area contributed by atoms with Crippen LogP contribution in [0.25, 0.3) is 22.2 Å². The summed E-state index contributed by atoms with van der Waals surface area (Å²) in [6, 6.07) is 20.6. The van der Waals surface area contributed by atoms with Crippen LogP contribution in [0.5, 0.6) is 0 Å². The molecule has 144 valence electrons. The van der Waals surface area contributed by atoms with Crippen molar-refractivity contribution in [3.63, 3.8) is 0 Å². The molecule has 4 aromatic rings. The van der Waals surface area contributed by atoms with Crippen LogP contribution in [0.1, 0.15) is 21.5 Å². The van der Waals surface area contributed by atoms with E-state index in [-0.39, 0.29) is 5.91 Å². The van der Waals surface area contributed by atoms with Gasteiger partial charge in [0.15, 0.2) is 0 Å². The van der Waals surface area contributed by atoms with Crippen molar-refractivity contribution in [2.45, 2.75) is 13.8 Å². The molecule has 0 unspecified atom stereocenters. The van der Waals surface area contributed by atoms with E-state index in [0.29, 0.717) is 21.3 Å². The lowest BCUT2D eigenvalue weighted by molar-refractivity contribution is 0.102. The Bertz CT molecular complexity index is 1250. The van der Waals surface area contributed by atoms with Gasteiger partial charge < -0.3 is 5.32 Å². The van der Waals surface area contributed by atoms with E-state index in [0.717, 1.165) is 27.7 Å². The molecular weight excluding hydrogens is 403 g/mol. The summed E-state index contributed by atoms with van der Waals surface area (Å²) >= 11 is 12.3. The number of fused-ring (bicyclic) bond motifs is 1. The minimum absolute atomic E-state index is 0.265. The maximum atomic E-state index is 13.2. The molecule has 1 amide bonds. The lowest BCUT2D eigenvalue weighted by Crippen LogP contribution is -2.13. The number of benzene rings is 3. The van der Waals surface area contributed by atoms with Crippen molar-refractivity contribution in [1.29, 1.82) is 0 Å². The van der Waals surface area contributed by atoms with Gasteiger partial charge in [0.2, 0.25) is 0 Å². The standard InChI is InChI=1S/C24H18Cl2N2O/c1-14-7-9-17(15(2)11-14)22-13-19(18-5-3-4-6-21(18)27-22)24(29)28-23-12-16(25)8-10-20(23)26/h3-13H,1-2H3,(H,28,29). The van der Waals surface area contributed by atoms with Gasteiger partial charge in [-0.1, -0.05) is 65.2 Å². The number of amides is 1. The Morgan fingerprint density at radius 1 is 0.931 bits per heavy atom. The molecule has 0 aliphatic heterocycles. The van der Waals surface area contributed by atoms with Crippen molar-refractivity contribution in [2.75, 3.05) is 5.32 Å². The van der Waals surface area contributed by atoms with Gasteiger partial charge in [-0.3, -0.25) is 4.79 Å². The molecule has 29 heavy (non-hydrogen) atoms. The number of anilines is 1. The number of hydrogen-bond donors (Lipinski definition) is 1. The van der Waals surface area contributed by atoms with Gasteiger partial charge in [-0.2, -0.15) is 0 Å². The zero-order chi connectivity index (χ0) is 20.5. The fourth-order valence-electron chi connectivity index (χ4n) is 3.39. The van der Waals surface area contributed by atoms with Gasteiger partial charge in [-0.05, 0) is 49.7 Å². The normalized spacial score (nSPS) is 10.9. The van der Waals surface area contributed by atoms with Crippen LogP contribution in [-0.4, -0.2) is 10.9 Å². The molecule has 0 aliphatic rings. The first-order valence-corrected chi connectivity index (χ1v) is 9.92. The lowest BCUT2D eigenvalue weighted by Gasteiger charge is -2.13. The third-order valence-electron chi connectivity index (χ3n) is 4.80. The van der Waals surface area contributed by atoms with Gasteiger partial charge in [0.25, 0.3) is 5.91 Å². The van der Waals surface area contributed by atoms with Gasteiger partial charge in [0, 0.05) is 16.0 Å². The topological polar surface area (TPSA) is 42.0 Å². The molecule has 1 heterocycles. The van der Waals surface area contributed by atoms with E-state index >= 15 is 0 Å². The fraction of sp³-hybridized carbons (Fsp3) is 0.0833. The average Bonchev–Trinajstić information content (AvgIpc) is 2.70. The lowest BCUT2D eigenvalue weighted by atomic mass is 9.99. The van der Waals surface area contributed by atoms with Crippen LogP contribution in [0, 0.1) is 13.8 Å². The van der Waals surface area contributed by atoms with Gasteiger partial charge >= 0.3 is 0 Å². The number of halogens is 2. The SMILES string of the molecule is Cc1ccc(-c2cc(C(=O)Nc3cc(Cl)ccc3Cl)c3ccccc3n2)c(C)c1. The zero-order valence-corrected chi connectivity index (χ0v) is 17.5. The van der Waals surface area contributed by atoms with E-state index in [9.17, 15) is 4.79 Å². The minimum Gasteiger partial charge on any atom is -0.321 e. The van der Waals surface area contributed by atoms with Crippen LogP contribution in [0.2, 0.25) is 10.0 Å². The minimum atomic E-state index is -0.265. The monoisotopic (exact) mass is 420 g/mol. The summed E-state index contributed by atoms with van der Waals surface area (Å²) in [5.74, 6) is -0.265. The molecule has 1 N–H and O–H groups in total. The van der Waals surface area contributed by atoms with Crippen molar-refractivity contribution in [3.05, 3.63) is 93.5 Å². The van der Waals surface area contributed by atoms with Crippen molar-refractivity contribution in [2.24, 2.45) is 0 Å². The van der Waals surface area contributed by atoms with E-state index in [1.165, 1.54) is 5.56 Å². The first-order chi connectivity index (χ1) is 13.9. The Labute approximate surface area is 179 Å². The maximum Gasteiger partial charge on any atom is 0.256 e. The third kappa shape index (κ3) is 3.98. The first-order valence-electron chi connectivity index (χ1n) is 9.16. The van der Waals surface area contributed by atoms with E-state index in [4.69, 9.17) is 28.2 Å².